The molecule has 0 spiro atoms. The first kappa shape index (κ1) is 25.9. The SMILES string of the molecule is CN(C(=O)OC(C)(C)C)C1CCN(C(=O)c2ccc3[nH]c(-c4nc5ccccc5[nH]c4=O)c([N+](=O)[O-])c3c2)C1. The lowest BCUT2D eigenvalue weighted by molar-refractivity contribution is -0.382. The maximum Gasteiger partial charge on any atom is 0.410 e. The van der Waals surface area contributed by atoms with Gasteiger partial charge in [0.15, 0.2) is 5.69 Å². The van der Waals surface area contributed by atoms with Crippen LogP contribution in [0.25, 0.3) is 33.3 Å². The Kier molecular flexibility index (Phi) is 6.33. The van der Waals surface area contributed by atoms with Gasteiger partial charge in [-0.05, 0) is 57.5 Å². The van der Waals surface area contributed by atoms with E-state index < -0.39 is 22.2 Å². The number of amides is 2. The maximum atomic E-state index is 13.4. The third-order valence-corrected chi connectivity index (χ3v) is 6.72. The number of aromatic amines is 2. The first-order valence-electron chi connectivity index (χ1n) is 12.5. The van der Waals surface area contributed by atoms with E-state index in [2.05, 4.69) is 15.0 Å². The molecule has 1 atom stereocenters. The van der Waals surface area contributed by atoms with E-state index in [0.717, 1.165) is 0 Å². The molecule has 1 saturated heterocycles. The van der Waals surface area contributed by atoms with Crippen LogP contribution >= 0.6 is 0 Å². The van der Waals surface area contributed by atoms with Gasteiger partial charge in [-0.3, -0.25) is 19.7 Å². The van der Waals surface area contributed by atoms with Crippen molar-refractivity contribution >= 4 is 39.6 Å². The van der Waals surface area contributed by atoms with Crippen molar-refractivity contribution in [3.05, 3.63) is 68.5 Å². The molecule has 1 fully saturated rings. The number of H-pyrrole nitrogens is 2. The second-order valence-corrected chi connectivity index (χ2v) is 10.6. The lowest BCUT2D eigenvalue weighted by Gasteiger charge is -2.28. The summed E-state index contributed by atoms with van der Waals surface area (Å²) in [5, 5.41) is 12.4. The predicted molar refractivity (Wildman–Crippen MR) is 145 cm³/mol. The fourth-order valence-corrected chi connectivity index (χ4v) is 4.78. The lowest BCUT2D eigenvalue weighted by atomic mass is 10.1. The van der Waals surface area contributed by atoms with Crippen LogP contribution < -0.4 is 5.56 Å². The first-order valence-corrected chi connectivity index (χ1v) is 12.5. The van der Waals surface area contributed by atoms with E-state index in [4.69, 9.17) is 4.74 Å². The second-order valence-electron chi connectivity index (χ2n) is 10.6. The summed E-state index contributed by atoms with van der Waals surface area (Å²) >= 11 is 0. The number of rotatable bonds is 4. The largest absolute Gasteiger partial charge is 0.444 e. The summed E-state index contributed by atoms with van der Waals surface area (Å²) < 4.78 is 5.43. The zero-order valence-corrected chi connectivity index (χ0v) is 22.0. The molecule has 5 rings (SSSR count). The molecule has 39 heavy (non-hydrogen) atoms. The fraction of sp³-hybridized carbons (Fsp3) is 0.333. The van der Waals surface area contributed by atoms with Gasteiger partial charge in [0, 0.05) is 25.7 Å². The number of nitrogens with one attached hydrogen (secondary N) is 2. The molecule has 2 aromatic carbocycles. The van der Waals surface area contributed by atoms with Crippen molar-refractivity contribution in [1.82, 2.24) is 24.8 Å². The summed E-state index contributed by atoms with van der Waals surface area (Å²) in [6.45, 7) is 6.10. The van der Waals surface area contributed by atoms with Gasteiger partial charge < -0.3 is 24.5 Å². The number of ether oxygens (including phenoxy) is 1. The summed E-state index contributed by atoms with van der Waals surface area (Å²) in [7, 11) is 1.64. The van der Waals surface area contributed by atoms with E-state index in [-0.39, 0.29) is 40.0 Å². The molecular formula is C27H28N6O6. The molecule has 2 aromatic heterocycles. The second kappa shape index (κ2) is 9.53. The van der Waals surface area contributed by atoms with Crippen LogP contribution in [0, 0.1) is 10.1 Å². The molecule has 3 heterocycles. The molecule has 202 valence electrons. The molecule has 2 amide bonds. The number of para-hydroxylation sites is 2. The highest BCUT2D eigenvalue weighted by Crippen LogP contribution is 2.36. The third-order valence-electron chi connectivity index (χ3n) is 6.72. The smallest absolute Gasteiger partial charge is 0.410 e. The number of carbonyl (C=O) groups is 2. The van der Waals surface area contributed by atoms with E-state index in [1.54, 1.807) is 69.1 Å². The van der Waals surface area contributed by atoms with Gasteiger partial charge in [-0.2, -0.15) is 0 Å². The summed E-state index contributed by atoms with van der Waals surface area (Å²) in [4.78, 5) is 63.3. The summed E-state index contributed by atoms with van der Waals surface area (Å²) in [6.07, 6.45) is 0.116. The van der Waals surface area contributed by atoms with Crippen LogP contribution in [-0.4, -0.2) is 73.5 Å². The zero-order valence-electron chi connectivity index (χ0n) is 22.0. The fourth-order valence-electron chi connectivity index (χ4n) is 4.78. The molecule has 0 radical (unpaired) electrons. The van der Waals surface area contributed by atoms with Gasteiger partial charge in [-0.25, -0.2) is 9.78 Å². The Morgan fingerprint density at radius 2 is 1.90 bits per heavy atom. The van der Waals surface area contributed by atoms with Crippen LogP contribution in [0.4, 0.5) is 10.5 Å². The minimum Gasteiger partial charge on any atom is -0.444 e. The van der Waals surface area contributed by atoms with Crippen molar-refractivity contribution in [3.8, 4) is 11.4 Å². The van der Waals surface area contributed by atoms with Gasteiger partial charge in [0.25, 0.3) is 11.5 Å². The standard InChI is InChI=1S/C27H28N6O6/c1-27(2,3)39-26(36)31(4)16-11-12-32(14-16)25(35)15-9-10-18-17(13-15)23(33(37)38)21(28-18)22-24(34)30-20-8-6-5-7-19(20)29-22/h5-10,13,16,28H,11-12,14H2,1-4H3,(H,30,34). The summed E-state index contributed by atoms with van der Waals surface area (Å²) in [5.74, 6) is -0.310. The monoisotopic (exact) mass is 532 g/mol. The number of nitro groups is 1. The van der Waals surface area contributed by atoms with Crippen molar-refractivity contribution < 1.29 is 19.2 Å². The van der Waals surface area contributed by atoms with Crippen LogP contribution in [0.15, 0.2) is 47.3 Å². The van der Waals surface area contributed by atoms with E-state index in [1.165, 1.54) is 11.0 Å². The number of benzene rings is 2. The van der Waals surface area contributed by atoms with Crippen LogP contribution in [0.3, 0.4) is 0 Å². The average molecular weight is 533 g/mol. The van der Waals surface area contributed by atoms with Gasteiger partial charge in [0.1, 0.15) is 11.3 Å². The number of fused-ring (bicyclic) bond motifs is 2. The van der Waals surface area contributed by atoms with Crippen molar-refractivity contribution in [2.45, 2.75) is 38.8 Å². The van der Waals surface area contributed by atoms with Crippen molar-refractivity contribution in [2.75, 3.05) is 20.1 Å². The Morgan fingerprint density at radius 1 is 1.15 bits per heavy atom. The molecular weight excluding hydrogens is 504 g/mol. The van der Waals surface area contributed by atoms with E-state index >= 15 is 0 Å². The molecule has 0 aliphatic carbocycles. The number of nitrogens with zero attached hydrogens (tertiary/aromatic N) is 4. The Hall–Kier alpha value is -4.74. The highest BCUT2D eigenvalue weighted by Gasteiger charge is 2.34. The van der Waals surface area contributed by atoms with Gasteiger partial charge >= 0.3 is 11.8 Å². The number of likely N-dealkylation sites (N-methyl/N-ethyl adjacent to an activating group) is 1. The average Bonchev–Trinajstić information content (AvgIpc) is 3.51. The quantitative estimate of drug-likeness (QED) is 0.297. The Balaban J connectivity index is 1.45. The molecule has 1 aliphatic rings. The Morgan fingerprint density at radius 3 is 2.62 bits per heavy atom. The Labute approximate surface area is 222 Å². The van der Waals surface area contributed by atoms with Crippen LogP contribution in [0.5, 0.6) is 0 Å². The number of hydrogen-bond donors (Lipinski definition) is 2. The maximum absolute atomic E-state index is 13.4. The zero-order chi connectivity index (χ0) is 28.1. The molecule has 4 aromatic rings. The minimum atomic E-state index is -0.633. The van der Waals surface area contributed by atoms with Crippen LogP contribution in [-0.2, 0) is 4.74 Å². The molecule has 0 bridgehead atoms. The Bertz CT molecular complexity index is 1680. The van der Waals surface area contributed by atoms with Crippen molar-refractivity contribution in [2.24, 2.45) is 0 Å². The topological polar surface area (TPSA) is 155 Å². The van der Waals surface area contributed by atoms with Crippen LogP contribution in [0.2, 0.25) is 0 Å². The normalized spacial score (nSPS) is 15.6. The number of carbonyl (C=O) groups excluding carboxylic acids is 2. The molecule has 2 N–H and O–H groups in total. The lowest BCUT2D eigenvalue weighted by Crippen LogP contribution is -2.42. The first-order chi connectivity index (χ1) is 18.4. The van der Waals surface area contributed by atoms with Crippen molar-refractivity contribution in [1.29, 1.82) is 0 Å². The molecule has 1 unspecified atom stereocenters. The number of likely N-dealkylation sites (tertiary alicyclic amines) is 1. The van der Waals surface area contributed by atoms with Gasteiger partial charge in [-0.15, -0.1) is 0 Å². The van der Waals surface area contributed by atoms with Gasteiger partial charge in [-0.1, -0.05) is 12.1 Å². The highest BCUT2D eigenvalue weighted by atomic mass is 16.6. The summed E-state index contributed by atoms with van der Waals surface area (Å²) in [5.41, 5.74) is -0.0389. The van der Waals surface area contributed by atoms with Crippen molar-refractivity contribution in [3.63, 3.8) is 0 Å². The van der Waals surface area contributed by atoms with E-state index in [9.17, 15) is 24.5 Å². The minimum absolute atomic E-state index is 0.0353. The number of aromatic nitrogens is 3. The molecule has 1 aliphatic heterocycles. The van der Waals surface area contributed by atoms with Crippen LogP contribution in [0.1, 0.15) is 37.6 Å². The molecule has 12 heteroatoms. The van der Waals surface area contributed by atoms with Gasteiger partial charge in [0.2, 0.25) is 0 Å². The van der Waals surface area contributed by atoms with E-state index in [0.29, 0.717) is 36.1 Å². The van der Waals surface area contributed by atoms with E-state index in [1.807, 2.05) is 0 Å². The highest BCUT2D eigenvalue weighted by molar-refractivity contribution is 6.03. The number of hydrogen-bond acceptors (Lipinski definition) is 7. The predicted octanol–water partition coefficient (Wildman–Crippen LogP) is 4.06. The third kappa shape index (κ3) is 4.92. The molecule has 0 saturated carbocycles. The molecule has 12 nitrogen and oxygen atoms in total. The van der Waals surface area contributed by atoms with Gasteiger partial charge in [0.05, 0.1) is 32.9 Å². The summed E-state index contributed by atoms with van der Waals surface area (Å²) in [6, 6.07) is 11.3.